The molecule has 5 heteroatoms. The smallest absolute Gasteiger partial charge is 0.173 e. The summed E-state index contributed by atoms with van der Waals surface area (Å²) in [5, 5.41) is 3.09. The number of anilines is 1. The van der Waals surface area contributed by atoms with E-state index in [1.54, 1.807) is 0 Å². The van der Waals surface area contributed by atoms with Crippen LogP contribution in [0.3, 0.4) is 0 Å². The second kappa shape index (κ2) is 8.84. The van der Waals surface area contributed by atoms with Crippen LogP contribution in [0.15, 0.2) is 18.2 Å². The van der Waals surface area contributed by atoms with Gasteiger partial charge in [0.1, 0.15) is 17.3 Å². The quantitative estimate of drug-likeness (QED) is 0.743. The molecule has 0 aliphatic carbocycles. The average Bonchev–Trinajstić information content (AvgIpc) is 2.43. The lowest BCUT2D eigenvalue weighted by atomic mass is 10.2. The van der Waals surface area contributed by atoms with Gasteiger partial charge in [0.25, 0.3) is 0 Å². The largest absolute Gasteiger partial charge is 0.349 e. The van der Waals surface area contributed by atoms with Crippen LogP contribution in [0, 0.1) is 11.6 Å². The minimum absolute atomic E-state index is 0.171. The standard InChI is InChI=1S/C15H22F2N2S/c1-3-5-10-19(11-6-4-2)15(20)18-14-12(16)8-7-9-13(14)17/h7-9H,3-6,10-11H2,1-2H3,(H,18,20). The van der Waals surface area contributed by atoms with Crippen molar-refractivity contribution < 1.29 is 8.78 Å². The summed E-state index contributed by atoms with van der Waals surface area (Å²) in [6, 6.07) is 3.78. The van der Waals surface area contributed by atoms with Crippen LogP contribution in [-0.4, -0.2) is 23.1 Å². The van der Waals surface area contributed by atoms with Gasteiger partial charge in [-0.15, -0.1) is 0 Å². The summed E-state index contributed by atoms with van der Waals surface area (Å²) in [6.07, 6.45) is 4.12. The highest BCUT2D eigenvalue weighted by Crippen LogP contribution is 2.18. The number of nitrogens with one attached hydrogen (secondary N) is 1. The van der Waals surface area contributed by atoms with Crippen LogP contribution in [0.1, 0.15) is 39.5 Å². The van der Waals surface area contributed by atoms with Crippen LogP contribution in [0.4, 0.5) is 14.5 Å². The zero-order chi connectivity index (χ0) is 15.0. The van der Waals surface area contributed by atoms with Gasteiger partial charge in [-0.3, -0.25) is 0 Å². The van der Waals surface area contributed by atoms with Gasteiger partial charge in [-0.1, -0.05) is 32.8 Å². The molecule has 0 aromatic heterocycles. The number of benzene rings is 1. The van der Waals surface area contributed by atoms with Crippen molar-refractivity contribution in [1.29, 1.82) is 0 Å². The Labute approximate surface area is 125 Å². The van der Waals surface area contributed by atoms with E-state index in [1.165, 1.54) is 18.2 Å². The summed E-state index contributed by atoms with van der Waals surface area (Å²) >= 11 is 5.28. The third-order valence-corrected chi connectivity index (χ3v) is 3.41. The van der Waals surface area contributed by atoms with E-state index in [0.29, 0.717) is 5.11 Å². The molecule has 0 amide bonds. The molecule has 1 aromatic rings. The fourth-order valence-corrected chi connectivity index (χ4v) is 2.10. The maximum absolute atomic E-state index is 13.6. The van der Waals surface area contributed by atoms with Gasteiger partial charge in [0.2, 0.25) is 0 Å². The molecule has 0 unspecified atom stereocenters. The molecule has 112 valence electrons. The summed E-state index contributed by atoms with van der Waals surface area (Å²) in [4.78, 5) is 1.98. The van der Waals surface area contributed by atoms with Crippen molar-refractivity contribution in [3.05, 3.63) is 29.8 Å². The lowest BCUT2D eigenvalue weighted by Crippen LogP contribution is -2.36. The van der Waals surface area contributed by atoms with E-state index in [0.717, 1.165) is 38.8 Å². The first-order valence-corrected chi connectivity index (χ1v) is 7.50. The fourth-order valence-electron chi connectivity index (χ4n) is 1.82. The van der Waals surface area contributed by atoms with Crippen LogP contribution in [0.25, 0.3) is 0 Å². The number of unbranched alkanes of at least 4 members (excludes halogenated alkanes) is 2. The van der Waals surface area contributed by atoms with Gasteiger partial charge < -0.3 is 10.2 Å². The molecule has 0 saturated carbocycles. The van der Waals surface area contributed by atoms with Gasteiger partial charge in [-0.05, 0) is 37.2 Å². The van der Waals surface area contributed by atoms with Crippen LogP contribution in [0.2, 0.25) is 0 Å². The second-order valence-electron chi connectivity index (χ2n) is 4.72. The SMILES string of the molecule is CCCCN(CCCC)C(=S)Nc1c(F)cccc1F. The van der Waals surface area contributed by atoms with E-state index < -0.39 is 11.6 Å². The molecule has 20 heavy (non-hydrogen) atoms. The Bertz CT molecular complexity index is 410. The van der Waals surface area contributed by atoms with E-state index in [-0.39, 0.29) is 5.69 Å². The highest BCUT2D eigenvalue weighted by atomic mass is 32.1. The zero-order valence-electron chi connectivity index (χ0n) is 12.1. The Balaban J connectivity index is 2.73. The third kappa shape index (κ3) is 5.04. The normalized spacial score (nSPS) is 10.4. The number of halogens is 2. The van der Waals surface area contributed by atoms with Crippen LogP contribution < -0.4 is 5.32 Å². The predicted octanol–water partition coefficient (Wildman–Crippen LogP) is 4.56. The zero-order valence-corrected chi connectivity index (χ0v) is 12.9. The Morgan fingerprint density at radius 2 is 1.60 bits per heavy atom. The van der Waals surface area contributed by atoms with Crippen molar-refractivity contribution in [3.8, 4) is 0 Å². The molecule has 0 aliphatic rings. The van der Waals surface area contributed by atoms with Gasteiger partial charge in [0, 0.05) is 13.1 Å². The topological polar surface area (TPSA) is 15.3 Å². The molecule has 2 nitrogen and oxygen atoms in total. The summed E-state index contributed by atoms with van der Waals surface area (Å²) < 4.78 is 27.2. The van der Waals surface area contributed by atoms with Gasteiger partial charge in [0.15, 0.2) is 5.11 Å². The molecule has 1 aromatic carbocycles. The minimum atomic E-state index is -0.627. The maximum Gasteiger partial charge on any atom is 0.173 e. The summed E-state index contributed by atoms with van der Waals surface area (Å²) in [7, 11) is 0. The Morgan fingerprint density at radius 1 is 1.10 bits per heavy atom. The van der Waals surface area contributed by atoms with E-state index in [4.69, 9.17) is 12.2 Å². The van der Waals surface area contributed by atoms with Crippen molar-refractivity contribution in [2.75, 3.05) is 18.4 Å². The summed E-state index contributed by atoms with van der Waals surface area (Å²) in [5.41, 5.74) is -0.171. The first-order valence-electron chi connectivity index (χ1n) is 7.10. The lowest BCUT2D eigenvalue weighted by molar-refractivity contribution is 0.403. The molecule has 1 N–H and O–H groups in total. The second-order valence-corrected chi connectivity index (χ2v) is 5.11. The summed E-state index contributed by atoms with van der Waals surface area (Å²) in [5.74, 6) is -1.25. The monoisotopic (exact) mass is 300 g/mol. The first-order chi connectivity index (χ1) is 9.60. The van der Waals surface area contributed by atoms with Crippen molar-refractivity contribution in [2.45, 2.75) is 39.5 Å². The molecule has 0 saturated heterocycles. The Hall–Kier alpha value is -1.23. The van der Waals surface area contributed by atoms with Gasteiger partial charge >= 0.3 is 0 Å². The fraction of sp³-hybridized carbons (Fsp3) is 0.533. The predicted molar refractivity (Wildman–Crippen MR) is 84.0 cm³/mol. The van der Waals surface area contributed by atoms with Crippen molar-refractivity contribution in [2.24, 2.45) is 0 Å². The maximum atomic E-state index is 13.6. The number of nitrogens with zero attached hydrogens (tertiary/aromatic N) is 1. The minimum Gasteiger partial charge on any atom is -0.349 e. The van der Waals surface area contributed by atoms with E-state index in [1.807, 2.05) is 4.90 Å². The number of para-hydroxylation sites is 1. The number of thiocarbonyl (C=S) groups is 1. The van der Waals surface area contributed by atoms with Crippen molar-refractivity contribution >= 4 is 23.0 Å². The van der Waals surface area contributed by atoms with Crippen LogP contribution in [-0.2, 0) is 0 Å². The molecule has 0 radical (unpaired) electrons. The molecular formula is C15H22F2N2S. The van der Waals surface area contributed by atoms with E-state index in [2.05, 4.69) is 19.2 Å². The van der Waals surface area contributed by atoms with Gasteiger partial charge in [0.05, 0.1) is 0 Å². The van der Waals surface area contributed by atoms with Gasteiger partial charge in [-0.25, -0.2) is 8.78 Å². The number of hydrogen-bond donors (Lipinski definition) is 1. The highest BCUT2D eigenvalue weighted by molar-refractivity contribution is 7.80. The van der Waals surface area contributed by atoms with E-state index in [9.17, 15) is 8.78 Å². The average molecular weight is 300 g/mol. The third-order valence-electron chi connectivity index (χ3n) is 3.05. The summed E-state index contributed by atoms with van der Waals surface area (Å²) in [6.45, 7) is 5.81. The van der Waals surface area contributed by atoms with Crippen LogP contribution >= 0.6 is 12.2 Å². The van der Waals surface area contributed by atoms with Crippen molar-refractivity contribution in [1.82, 2.24) is 4.90 Å². The molecule has 0 fully saturated rings. The number of rotatable bonds is 7. The van der Waals surface area contributed by atoms with Gasteiger partial charge in [-0.2, -0.15) is 0 Å². The highest BCUT2D eigenvalue weighted by Gasteiger charge is 2.14. The lowest BCUT2D eigenvalue weighted by Gasteiger charge is -2.26. The molecule has 0 spiro atoms. The molecule has 0 heterocycles. The molecular weight excluding hydrogens is 278 g/mol. The molecule has 1 rings (SSSR count). The van der Waals surface area contributed by atoms with E-state index >= 15 is 0 Å². The Morgan fingerprint density at radius 3 is 2.05 bits per heavy atom. The first kappa shape index (κ1) is 16.8. The Kier molecular flexibility index (Phi) is 7.44. The molecule has 0 atom stereocenters. The van der Waals surface area contributed by atoms with Crippen LogP contribution in [0.5, 0.6) is 0 Å². The molecule has 0 aliphatic heterocycles. The molecule has 0 bridgehead atoms. The van der Waals surface area contributed by atoms with Crippen molar-refractivity contribution in [3.63, 3.8) is 0 Å². The number of hydrogen-bond acceptors (Lipinski definition) is 1.